The maximum atomic E-state index is 13.1. The molecule has 5 fully saturated rings. The van der Waals surface area contributed by atoms with Gasteiger partial charge in [-0.15, -0.1) is 0 Å². The van der Waals surface area contributed by atoms with Crippen LogP contribution in [0.25, 0.3) is 0 Å². The highest BCUT2D eigenvalue weighted by atomic mass is 16.1. The van der Waals surface area contributed by atoms with Crippen LogP contribution >= 0.6 is 0 Å². The lowest BCUT2D eigenvalue weighted by molar-refractivity contribution is -0.123. The molecule has 1 aromatic carbocycles. The summed E-state index contributed by atoms with van der Waals surface area (Å²) in [7, 11) is 2.35. The SMILES string of the molecule is CC(CCC(=O)NC1CC[N+](C)(c2ccccc2)CC1)[C@H]1CC[C@H]2[C@@H]3CCC4CCCC[C@]4(C)[C@H]3CC[C@]12C. The van der Waals surface area contributed by atoms with Crippen molar-refractivity contribution in [2.75, 3.05) is 20.1 Å². The number of nitrogens with one attached hydrogen (secondary N) is 1. The standard InChI is InChI=1S/C36H56N2O/c1-26(13-18-34(39)37-28-20-24-38(4,25-21-28)29-11-6-5-7-12-29)31-16-17-32-30-15-14-27-10-8-9-22-35(27,2)33(30)19-23-36(31,32)3/h5-7,11-12,26-28,30-33H,8-10,13-25H2,1-4H3/p+1/t26?,27?,28?,30-,31+,32-,33-,35-,36+,38?/m0/s1. The van der Waals surface area contributed by atoms with E-state index in [1.54, 1.807) is 0 Å². The summed E-state index contributed by atoms with van der Waals surface area (Å²) < 4.78 is 0.993. The lowest BCUT2D eigenvalue weighted by Gasteiger charge is -2.61. The van der Waals surface area contributed by atoms with Gasteiger partial charge in [-0.25, -0.2) is 0 Å². The van der Waals surface area contributed by atoms with Crippen LogP contribution in [0.4, 0.5) is 5.69 Å². The summed E-state index contributed by atoms with van der Waals surface area (Å²) in [5.74, 6) is 5.70. The first-order chi connectivity index (χ1) is 18.7. The number of benzene rings is 1. The molecular formula is C36H57N2O+. The molecule has 1 aromatic rings. The Balaban J connectivity index is 1.00. The molecule has 0 radical (unpaired) electrons. The number of nitrogens with zero attached hydrogens (tertiary/aromatic N) is 1. The minimum Gasteiger partial charge on any atom is -0.353 e. The molecule has 0 aromatic heterocycles. The molecule has 1 aliphatic heterocycles. The highest BCUT2D eigenvalue weighted by Gasteiger charge is 2.60. The largest absolute Gasteiger partial charge is 0.353 e. The van der Waals surface area contributed by atoms with Gasteiger partial charge in [-0.1, -0.05) is 51.8 Å². The van der Waals surface area contributed by atoms with Crippen molar-refractivity contribution < 1.29 is 4.79 Å². The summed E-state index contributed by atoms with van der Waals surface area (Å²) in [6.45, 7) is 10.1. The van der Waals surface area contributed by atoms with Crippen LogP contribution in [0.3, 0.4) is 0 Å². The van der Waals surface area contributed by atoms with E-state index in [9.17, 15) is 4.79 Å². The highest BCUT2D eigenvalue weighted by molar-refractivity contribution is 5.76. The quantitative estimate of drug-likeness (QED) is 0.366. The Hall–Kier alpha value is -1.35. The number of para-hydroxylation sites is 1. The second-order valence-corrected chi connectivity index (χ2v) is 15.7. The number of quaternary nitrogens is 1. The van der Waals surface area contributed by atoms with E-state index in [1.807, 2.05) is 0 Å². The minimum atomic E-state index is 0.301. The molecule has 3 heteroatoms. The van der Waals surface area contributed by atoms with E-state index in [4.69, 9.17) is 0 Å². The van der Waals surface area contributed by atoms with Crippen molar-refractivity contribution in [1.29, 1.82) is 0 Å². The van der Waals surface area contributed by atoms with Crippen molar-refractivity contribution >= 4 is 11.6 Å². The maximum Gasteiger partial charge on any atom is 0.220 e. The number of piperidine rings is 1. The van der Waals surface area contributed by atoms with Gasteiger partial charge in [0, 0.05) is 25.3 Å². The number of hydrogen-bond donors (Lipinski definition) is 1. The van der Waals surface area contributed by atoms with Gasteiger partial charge in [0.25, 0.3) is 0 Å². The normalized spacial score (nSPS) is 44.5. The first-order valence-corrected chi connectivity index (χ1v) is 16.9. The van der Waals surface area contributed by atoms with Crippen molar-refractivity contribution in [2.45, 2.75) is 117 Å². The van der Waals surface area contributed by atoms with Gasteiger partial charge in [-0.2, -0.15) is 0 Å². The van der Waals surface area contributed by atoms with Crippen molar-refractivity contribution in [3.63, 3.8) is 0 Å². The first-order valence-electron chi connectivity index (χ1n) is 16.9. The fourth-order valence-electron chi connectivity index (χ4n) is 11.5. The Morgan fingerprint density at radius 1 is 0.897 bits per heavy atom. The predicted molar refractivity (Wildman–Crippen MR) is 163 cm³/mol. The summed E-state index contributed by atoms with van der Waals surface area (Å²) >= 11 is 0. The molecule has 216 valence electrons. The van der Waals surface area contributed by atoms with Crippen molar-refractivity contribution in [2.24, 2.45) is 46.3 Å². The van der Waals surface area contributed by atoms with E-state index < -0.39 is 0 Å². The number of hydrogen-bond acceptors (Lipinski definition) is 1. The van der Waals surface area contributed by atoms with Crippen molar-refractivity contribution in [3.05, 3.63) is 30.3 Å². The Labute approximate surface area is 239 Å². The minimum absolute atomic E-state index is 0.301. The molecule has 3 nitrogen and oxygen atoms in total. The molecule has 1 saturated heterocycles. The number of fused-ring (bicyclic) bond motifs is 5. The molecule has 0 spiro atoms. The Morgan fingerprint density at radius 3 is 2.41 bits per heavy atom. The summed E-state index contributed by atoms with van der Waals surface area (Å²) in [4.78, 5) is 13.1. The Morgan fingerprint density at radius 2 is 1.64 bits per heavy atom. The molecule has 1 amide bonds. The van der Waals surface area contributed by atoms with E-state index in [2.05, 4.69) is 63.5 Å². The van der Waals surface area contributed by atoms with Crippen LogP contribution in [-0.2, 0) is 4.79 Å². The van der Waals surface area contributed by atoms with Crippen LogP contribution in [0.15, 0.2) is 30.3 Å². The van der Waals surface area contributed by atoms with Gasteiger partial charge in [0.05, 0.1) is 20.1 Å². The molecule has 0 bridgehead atoms. The van der Waals surface area contributed by atoms with Gasteiger partial charge in [0.1, 0.15) is 5.69 Å². The molecule has 2 unspecified atom stereocenters. The number of rotatable bonds is 6. The summed E-state index contributed by atoms with van der Waals surface area (Å²) in [6, 6.07) is 11.2. The molecule has 1 N–H and O–H groups in total. The molecule has 1 heterocycles. The van der Waals surface area contributed by atoms with E-state index in [1.165, 1.54) is 69.9 Å². The smallest absolute Gasteiger partial charge is 0.220 e. The van der Waals surface area contributed by atoms with Crippen LogP contribution in [0, 0.1) is 46.3 Å². The Kier molecular flexibility index (Phi) is 7.70. The summed E-state index contributed by atoms with van der Waals surface area (Å²) in [6.07, 6.45) is 18.7. The fourth-order valence-corrected chi connectivity index (χ4v) is 11.5. The number of carbonyl (C=O) groups excluding carboxylic acids is 1. The lowest BCUT2D eigenvalue weighted by atomic mass is 9.44. The molecule has 6 rings (SSSR count). The summed E-state index contributed by atoms with van der Waals surface area (Å²) in [5.41, 5.74) is 2.55. The topological polar surface area (TPSA) is 29.1 Å². The monoisotopic (exact) mass is 533 g/mol. The third-order valence-electron chi connectivity index (χ3n) is 13.9. The zero-order chi connectivity index (χ0) is 27.3. The van der Waals surface area contributed by atoms with Crippen LogP contribution < -0.4 is 9.80 Å². The van der Waals surface area contributed by atoms with Crippen LogP contribution in [0.1, 0.15) is 111 Å². The molecule has 4 saturated carbocycles. The Bertz CT molecular complexity index is 999. The number of amides is 1. The van der Waals surface area contributed by atoms with Crippen LogP contribution in [0.5, 0.6) is 0 Å². The van der Waals surface area contributed by atoms with Crippen LogP contribution in [-0.4, -0.2) is 32.1 Å². The third-order valence-corrected chi connectivity index (χ3v) is 13.9. The van der Waals surface area contributed by atoms with Gasteiger partial charge in [0.15, 0.2) is 0 Å². The average molecular weight is 534 g/mol. The van der Waals surface area contributed by atoms with E-state index in [0.29, 0.717) is 35.1 Å². The fraction of sp³-hybridized carbons (Fsp3) is 0.806. The van der Waals surface area contributed by atoms with E-state index in [-0.39, 0.29) is 0 Å². The third kappa shape index (κ3) is 5.02. The van der Waals surface area contributed by atoms with E-state index >= 15 is 0 Å². The molecule has 5 aliphatic rings. The zero-order valence-electron chi connectivity index (χ0n) is 25.6. The zero-order valence-corrected chi connectivity index (χ0v) is 25.6. The van der Waals surface area contributed by atoms with Gasteiger partial charge in [-0.05, 0) is 116 Å². The lowest BCUT2D eigenvalue weighted by Crippen LogP contribution is -2.55. The van der Waals surface area contributed by atoms with Crippen LogP contribution in [0.2, 0.25) is 0 Å². The van der Waals surface area contributed by atoms with Crippen molar-refractivity contribution in [1.82, 2.24) is 9.80 Å². The highest BCUT2D eigenvalue weighted by Crippen LogP contribution is 2.68. The van der Waals surface area contributed by atoms with Gasteiger partial charge < -0.3 is 5.32 Å². The second-order valence-electron chi connectivity index (χ2n) is 15.7. The molecule has 8 atom stereocenters. The average Bonchev–Trinajstić information content (AvgIpc) is 3.30. The second kappa shape index (κ2) is 10.8. The predicted octanol–water partition coefficient (Wildman–Crippen LogP) is 8.37. The number of carbonyl (C=O) groups is 1. The molecular weight excluding hydrogens is 476 g/mol. The maximum absolute atomic E-state index is 13.1. The molecule has 4 aliphatic carbocycles. The number of likely N-dealkylation sites (tertiary alicyclic amines) is 1. The van der Waals surface area contributed by atoms with Gasteiger partial charge in [-0.3, -0.25) is 9.28 Å². The van der Waals surface area contributed by atoms with E-state index in [0.717, 1.165) is 66.4 Å². The summed E-state index contributed by atoms with van der Waals surface area (Å²) in [5, 5.41) is 3.44. The molecule has 39 heavy (non-hydrogen) atoms. The van der Waals surface area contributed by atoms with Gasteiger partial charge in [0.2, 0.25) is 5.91 Å². The van der Waals surface area contributed by atoms with Crippen molar-refractivity contribution in [3.8, 4) is 0 Å². The first kappa shape index (κ1) is 27.8. The van der Waals surface area contributed by atoms with Gasteiger partial charge >= 0.3 is 0 Å².